The monoisotopic (exact) mass is 304 g/mol. The number of aromatic nitrogens is 1. The van der Waals surface area contributed by atoms with Gasteiger partial charge in [0.25, 0.3) is 0 Å². The van der Waals surface area contributed by atoms with E-state index in [9.17, 15) is 4.79 Å². The highest BCUT2D eigenvalue weighted by Crippen LogP contribution is 2.22. The third kappa shape index (κ3) is 5.20. The molecule has 1 saturated heterocycles. The van der Waals surface area contributed by atoms with E-state index in [-0.39, 0.29) is 11.6 Å². The number of hydrogen-bond donors (Lipinski definition) is 2. The van der Waals surface area contributed by atoms with Crippen LogP contribution in [0.4, 0.5) is 10.5 Å². The smallest absolute Gasteiger partial charge is 0.317 e. The number of rotatable bonds is 4. The van der Waals surface area contributed by atoms with Crippen LogP contribution in [-0.2, 0) is 6.42 Å². The molecule has 5 heteroatoms. The van der Waals surface area contributed by atoms with Crippen LogP contribution >= 0.6 is 0 Å². The van der Waals surface area contributed by atoms with E-state index < -0.39 is 0 Å². The van der Waals surface area contributed by atoms with Crippen LogP contribution in [0, 0.1) is 5.92 Å². The summed E-state index contributed by atoms with van der Waals surface area (Å²) in [6, 6.07) is 3.96. The predicted molar refractivity (Wildman–Crippen MR) is 89.6 cm³/mol. The third-order valence-electron chi connectivity index (χ3n) is 3.95. The second-order valence-electron chi connectivity index (χ2n) is 7.26. The molecule has 122 valence electrons. The number of nitrogen functional groups attached to an aromatic ring is 1. The Morgan fingerprint density at radius 1 is 1.45 bits per heavy atom. The van der Waals surface area contributed by atoms with E-state index >= 15 is 0 Å². The Morgan fingerprint density at radius 3 is 2.86 bits per heavy atom. The average Bonchev–Trinajstić information content (AvgIpc) is 2.88. The number of aryl methyl sites for hydroxylation is 1. The van der Waals surface area contributed by atoms with Crippen molar-refractivity contribution >= 4 is 11.7 Å². The molecule has 0 aliphatic carbocycles. The van der Waals surface area contributed by atoms with Crippen LogP contribution in [-0.4, -0.2) is 34.5 Å². The highest BCUT2D eigenvalue weighted by atomic mass is 16.2. The van der Waals surface area contributed by atoms with E-state index in [1.165, 1.54) is 0 Å². The summed E-state index contributed by atoms with van der Waals surface area (Å²) in [6.45, 7) is 7.78. The highest BCUT2D eigenvalue weighted by Gasteiger charge is 2.27. The first-order chi connectivity index (χ1) is 10.3. The van der Waals surface area contributed by atoms with Crippen molar-refractivity contribution in [2.24, 2.45) is 5.92 Å². The molecule has 1 aliphatic heterocycles. The zero-order valence-corrected chi connectivity index (χ0v) is 13.9. The van der Waals surface area contributed by atoms with Gasteiger partial charge in [-0.3, -0.25) is 4.98 Å². The van der Waals surface area contributed by atoms with Gasteiger partial charge in [0.2, 0.25) is 0 Å². The Bertz CT molecular complexity index is 492. The molecule has 1 aromatic rings. The van der Waals surface area contributed by atoms with Gasteiger partial charge in [0.15, 0.2) is 0 Å². The number of nitrogens with two attached hydrogens (primary N) is 1. The number of amides is 2. The Labute approximate surface area is 133 Å². The number of hydrogen-bond acceptors (Lipinski definition) is 3. The summed E-state index contributed by atoms with van der Waals surface area (Å²) in [4.78, 5) is 18.4. The summed E-state index contributed by atoms with van der Waals surface area (Å²) >= 11 is 0. The summed E-state index contributed by atoms with van der Waals surface area (Å²) in [7, 11) is 0. The van der Waals surface area contributed by atoms with Crippen molar-refractivity contribution in [2.45, 2.75) is 52.0 Å². The molecule has 1 aromatic heterocycles. The maximum Gasteiger partial charge on any atom is 0.317 e. The first-order valence-electron chi connectivity index (χ1n) is 8.11. The van der Waals surface area contributed by atoms with Crippen molar-refractivity contribution in [3.05, 3.63) is 24.0 Å². The van der Waals surface area contributed by atoms with Gasteiger partial charge >= 0.3 is 6.03 Å². The van der Waals surface area contributed by atoms with Crippen molar-refractivity contribution in [3.8, 4) is 0 Å². The van der Waals surface area contributed by atoms with Gasteiger partial charge in [-0.1, -0.05) is 0 Å². The SMILES string of the molecule is CC(C)(C)NC(=O)N1CCC(CCCc2ccc(N)cn2)C1. The second-order valence-corrected chi connectivity index (χ2v) is 7.26. The Hall–Kier alpha value is -1.78. The number of pyridine rings is 1. The van der Waals surface area contributed by atoms with E-state index in [2.05, 4.69) is 10.3 Å². The molecule has 1 fully saturated rings. The maximum atomic E-state index is 12.1. The van der Waals surface area contributed by atoms with E-state index in [1.54, 1.807) is 6.20 Å². The molecule has 22 heavy (non-hydrogen) atoms. The molecule has 1 atom stereocenters. The van der Waals surface area contributed by atoms with E-state index in [0.29, 0.717) is 11.6 Å². The number of likely N-dealkylation sites (tertiary alicyclic amines) is 1. The van der Waals surface area contributed by atoms with Crippen molar-refractivity contribution in [1.82, 2.24) is 15.2 Å². The zero-order chi connectivity index (χ0) is 16.2. The number of urea groups is 1. The van der Waals surface area contributed by atoms with Gasteiger partial charge in [0, 0.05) is 24.3 Å². The van der Waals surface area contributed by atoms with Gasteiger partial charge in [-0.25, -0.2) is 4.79 Å². The van der Waals surface area contributed by atoms with Gasteiger partial charge < -0.3 is 16.0 Å². The van der Waals surface area contributed by atoms with Crippen molar-refractivity contribution < 1.29 is 4.79 Å². The van der Waals surface area contributed by atoms with Crippen molar-refractivity contribution in [1.29, 1.82) is 0 Å². The molecule has 0 spiro atoms. The first-order valence-corrected chi connectivity index (χ1v) is 8.11. The van der Waals surface area contributed by atoms with Gasteiger partial charge in [0.05, 0.1) is 11.9 Å². The molecule has 0 radical (unpaired) electrons. The molecule has 1 aliphatic rings. The molecule has 1 unspecified atom stereocenters. The summed E-state index contributed by atoms with van der Waals surface area (Å²) in [6.07, 6.45) is 6.04. The molecule has 0 bridgehead atoms. The summed E-state index contributed by atoms with van der Waals surface area (Å²) < 4.78 is 0. The first kappa shape index (κ1) is 16.6. The third-order valence-corrected chi connectivity index (χ3v) is 3.95. The molecule has 5 nitrogen and oxygen atoms in total. The van der Waals surface area contributed by atoms with E-state index in [1.807, 2.05) is 37.8 Å². The standard InChI is InChI=1S/C17H28N4O/c1-17(2,3)20-16(22)21-10-9-13(12-21)5-4-6-15-8-7-14(18)11-19-15/h7-8,11,13H,4-6,9-10,12,18H2,1-3H3,(H,20,22). The fourth-order valence-corrected chi connectivity index (χ4v) is 2.81. The lowest BCUT2D eigenvalue weighted by molar-refractivity contribution is 0.197. The van der Waals surface area contributed by atoms with E-state index in [0.717, 1.165) is 44.5 Å². The lowest BCUT2D eigenvalue weighted by atomic mass is 10.0. The van der Waals surface area contributed by atoms with Crippen LogP contribution in [0.1, 0.15) is 45.7 Å². The van der Waals surface area contributed by atoms with Gasteiger partial charge in [-0.2, -0.15) is 0 Å². The van der Waals surface area contributed by atoms with Crippen LogP contribution in [0.15, 0.2) is 18.3 Å². The fraction of sp³-hybridized carbons (Fsp3) is 0.647. The highest BCUT2D eigenvalue weighted by molar-refractivity contribution is 5.75. The normalized spacial score (nSPS) is 18.5. The zero-order valence-electron chi connectivity index (χ0n) is 13.9. The summed E-state index contributed by atoms with van der Waals surface area (Å²) in [5, 5.41) is 3.03. The van der Waals surface area contributed by atoms with E-state index in [4.69, 9.17) is 5.73 Å². The van der Waals surface area contributed by atoms with Crippen LogP contribution in [0.5, 0.6) is 0 Å². The number of nitrogens with zero attached hydrogens (tertiary/aromatic N) is 2. The molecule has 0 saturated carbocycles. The molecule has 2 amide bonds. The molecule has 2 heterocycles. The quantitative estimate of drug-likeness (QED) is 0.898. The Balaban J connectivity index is 1.70. The number of carbonyl (C=O) groups is 1. The van der Waals surface area contributed by atoms with Gasteiger partial charge in [-0.05, 0) is 64.5 Å². The van der Waals surface area contributed by atoms with Crippen LogP contribution in [0.2, 0.25) is 0 Å². The summed E-state index contributed by atoms with van der Waals surface area (Å²) in [5.41, 5.74) is 7.27. The van der Waals surface area contributed by atoms with Gasteiger partial charge in [0.1, 0.15) is 0 Å². The van der Waals surface area contributed by atoms with Crippen LogP contribution in [0.3, 0.4) is 0 Å². The second kappa shape index (κ2) is 6.99. The fourth-order valence-electron chi connectivity index (χ4n) is 2.81. The molecule has 0 aromatic carbocycles. The topological polar surface area (TPSA) is 71.2 Å². The van der Waals surface area contributed by atoms with Crippen LogP contribution in [0.25, 0.3) is 0 Å². The Kier molecular flexibility index (Phi) is 5.27. The molecule has 3 N–H and O–H groups in total. The number of nitrogens with one attached hydrogen (secondary N) is 1. The summed E-state index contributed by atoms with van der Waals surface area (Å²) in [5.74, 6) is 0.611. The largest absolute Gasteiger partial charge is 0.397 e. The molecule has 2 rings (SSSR count). The lowest BCUT2D eigenvalue weighted by Gasteiger charge is -2.25. The minimum absolute atomic E-state index is 0.0650. The number of carbonyl (C=O) groups excluding carboxylic acids is 1. The predicted octanol–water partition coefficient (Wildman–Crippen LogP) is 2.82. The van der Waals surface area contributed by atoms with Gasteiger partial charge in [-0.15, -0.1) is 0 Å². The Morgan fingerprint density at radius 2 is 2.23 bits per heavy atom. The van der Waals surface area contributed by atoms with Crippen LogP contribution < -0.4 is 11.1 Å². The minimum atomic E-state index is -0.171. The molecular formula is C17H28N4O. The van der Waals surface area contributed by atoms with Crippen molar-refractivity contribution in [3.63, 3.8) is 0 Å². The molecular weight excluding hydrogens is 276 g/mol. The minimum Gasteiger partial charge on any atom is -0.397 e. The average molecular weight is 304 g/mol. The lowest BCUT2D eigenvalue weighted by Crippen LogP contribution is -2.47. The van der Waals surface area contributed by atoms with Crippen molar-refractivity contribution in [2.75, 3.05) is 18.8 Å². The maximum absolute atomic E-state index is 12.1. The number of anilines is 1.